The van der Waals surface area contributed by atoms with Gasteiger partial charge in [-0.2, -0.15) is 5.26 Å². The van der Waals surface area contributed by atoms with Gasteiger partial charge in [-0.15, -0.1) is 0 Å². The molecule has 0 aliphatic carbocycles. The van der Waals surface area contributed by atoms with E-state index in [0.717, 1.165) is 29.0 Å². The molecule has 0 spiro atoms. The third-order valence-corrected chi connectivity index (χ3v) is 3.44. The van der Waals surface area contributed by atoms with Gasteiger partial charge in [0.05, 0.1) is 30.3 Å². The molecule has 0 atom stereocenters. The summed E-state index contributed by atoms with van der Waals surface area (Å²) < 4.78 is 1.95. The second kappa shape index (κ2) is 6.51. The van der Waals surface area contributed by atoms with E-state index in [-0.39, 0.29) is 6.61 Å². The molecular weight excluding hydrogens is 252 g/mol. The van der Waals surface area contributed by atoms with Crippen LogP contribution in [0.3, 0.4) is 0 Å². The van der Waals surface area contributed by atoms with Crippen LogP contribution in [0, 0.1) is 18.3 Å². The summed E-state index contributed by atoms with van der Waals surface area (Å²) in [5.74, 6) is 0.877. The fourth-order valence-corrected chi connectivity index (χ4v) is 2.35. The van der Waals surface area contributed by atoms with Gasteiger partial charge in [-0.3, -0.25) is 4.90 Å². The molecule has 20 heavy (non-hydrogen) atoms. The number of nitrogens with zero attached hydrogens (tertiary/aromatic N) is 4. The lowest BCUT2D eigenvalue weighted by Gasteiger charge is -2.18. The Balaban J connectivity index is 2.40. The minimum Gasteiger partial charge on any atom is -0.395 e. The zero-order chi connectivity index (χ0) is 14.5. The van der Waals surface area contributed by atoms with Crippen LogP contribution >= 0.6 is 0 Å². The molecule has 0 fully saturated rings. The van der Waals surface area contributed by atoms with Gasteiger partial charge in [0.25, 0.3) is 0 Å². The number of aromatic nitrogens is 2. The van der Waals surface area contributed by atoms with Crippen LogP contribution in [0.15, 0.2) is 18.2 Å². The van der Waals surface area contributed by atoms with Crippen molar-refractivity contribution in [2.24, 2.45) is 0 Å². The van der Waals surface area contributed by atoms with Gasteiger partial charge in [-0.25, -0.2) is 4.98 Å². The summed E-state index contributed by atoms with van der Waals surface area (Å²) in [5, 5.41) is 18.1. The van der Waals surface area contributed by atoms with Crippen LogP contribution in [-0.4, -0.2) is 39.3 Å². The summed E-state index contributed by atoms with van der Waals surface area (Å²) in [6, 6.07) is 8.28. The molecule has 2 aromatic rings. The first-order chi connectivity index (χ1) is 9.69. The highest BCUT2D eigenvalue weighted by atomic mass is 16.3. The number of rotatable bonds is 6. The van der Waals surface area contributed by atoms with Crippen molar-refractivity contribution >= 4 is 11.0 Å². The molecule has 0 saturated carbocycles. The fourth-order valence-electron chi connectivity index (χ4n) is 2.35. The van der Waals surface area contributed by atoms with Gasteiger partial charge in [0.15, 0.2) is 0 Å². The second-order valence-electron chi connectivity index (χ2n) is 4.86. The Kier molecular flexibility index (Phi) is 4.72. The van der Waals surface area contributed by atoms with Gasteiger partial charge in [0, 0.05) is 6.54 Å². The smallest absolute Gasteiger partial charge is 0.125 e. The molecule has 0 saturated heterocycles. The van der Waals surface area contributed by atoms with Crippen molar-refractivity contribution in [3.8, 4) is 6.07 Å². The quantitative estimate of drug-likeness (QED) is 0.869. The van der Waals surface area contributed by atoms with Crippen LogP contribution in [-0.2, 0) is 13.1 Å². The number of nitriles is 1. The maximum atomic E-state index is 9.07. The van der Waals surface area contributed by atoms with Crippen molar-refractivity contribution in [2.45, 2.75) is 26.9 Å². The average Bonchev–Trinajstić information content (AvgIpc) is 2.76. The molecule has 1 N–H and O–H groups in total. The number of benzene rings is 1. The van der Waals surface area contributed by atoms with Crippen molar-refractivity contribution in [1.82, 2.24) is 14.5 Å². The van der Waals surface area contributed by atoms with Gasteiger partial charge in [-0.1, -0.05) is 13.0 Å². The van der Waals surface area contributed by atoms with E-state index in [1.54, 1.807) is 0 Å². The molecule has 1 aromatic carbocycles. The molecule has 5 heteroatoms. The number of aliphatic hydroxyl groups is 1. The largest absolute Gasteiger partial charge is 0.395 e. The van der Waals surface area contributed by atoms with Gasteiger partial charge in [0.2, 0.25) is 0 Å². The van der Waals surface area contributed by atoms with Crippen LogP contribution < -0.4 is 0 Å². The Labute approximate surface area is 119 Å². The van der Waals surface area contributed by atoms with Crippen LogP contribution in [0.4, 0.5) is 0 Å². The molecule has 2 rings (SSSR count). The zero-order valence-electron chi connectivity index (χ0n) is 12.0. The van der Waals surface area contributed by atoms with Crippen LogP contribution in [0.2, 0.25) is 0 Å². The Hall–Kier alpha value is -1.90. The summed E-state index contributed by atoms with van der Waals surface area (Å²) in [4.78, 5) is 6.76. The van der Waals surface area contributed by atoms with Crippen molar-refractivity contribution in [3.63, 3.8) is 0 Å². The first-order valence-electron chi connectivity index (χ1n) is 6.85. The van der Waals surface area contributed by atoms with E-state index >= 15 is 0 Å². The topological polar surface area (TPSA) is 65.1 Å². The van der Waals surface area contributed by atoms with Crippen molar-refractivity contribution in [3.05, 3.63) is 29.6 Å². The first kappa shape index (κ1) is 14.5. The molecule has 0 aliphatic heterocycles. The molecule has 0 unspecified atom stereocenters. The highest BCUT2D eigenvalue weighted by molar-refractivity contribution is 5.77. The number of hydrogen-bond acceptors (Lipinski definition) is 4. The van der Waals surface area contributed by atoms with E-state index < -0.39 is 0 Å². The molecule has 0 bridgehead atoms. The second-order valence-corrected chi connectivity index (χ2v) is 4.86. The molecule has 0 radical (unpaired) electrons. The van der Waals surface area contributed by atoms with E-state index in [4.69, 9.17) is 10.4 Å². The first-order valence-corrected chi connectivity index (χ1v) is 6.85. The lowest BCUT2D eigenvalue weighted by atomic mass is 10.2. The number of hydrogen-bond donors (Lipinski definition) is 1. The molecule has 0 aliphatic rings. The standard InChI is InChI=1S/C15H20N4O/c1-3-18(8-9-20)11-15-17-13-10-12(2)4-5-14(13)19(15)7-6-16/h4-5,10,20H,3,7-9,11H2,1-2H3. The number of aryl methyl sites for hydroxylation is 1. The predicted molar refractivity (Wildman–Crippen MR) is 78.1 cm³/mol. The fraction of sp³-hybridized carbons (Fsp3) is 0.467. The van der Waals surface area contributed by atoms with E-state index in [1.165, 1.54) is 0 Å². The zero-order valence-corrected chi connectivity index (χ0v) is 12.0. The van der Waals surface area contributed by atoms with Crippen LogP contribution in [0.1, 0.15) is 18.3 Å². The summed E-state index contributed by atoms with van der Waals surface area (Å²) in [6.07, 6.45) is 0. The number of imidazole rings is 1. The normalized spacial score (nSPS) is 11.2. The molecule has 0 amide bonds. The van der Waals surface area contributed by atoms with Crippen molar-refractivity contribution in [1.29, 1.82) is 5.26 Å². The third kappa shape index (κ3) is 2.98. The Bertz CT molecular complexity index is 627. The van der Waals surface area contributed by atoms with E-state index in [0.29, 0.717) is 19.6 Å². The summed E-state index contributed by atoms with van der Waals surface area (Å²) in [5.41, 5.74) is 3.08. The Morgan fingerprint density at radius 1 is 1.45 bits per heavy atom. The molecule has 106 valence electrons. The molecule has 1 heterocycles. The van der Waals surface area contributed by atoms with Crippen LogP contribution in [0.25, 0.3) is 11.0 Å². The highest BCUT2D eigenvalue weighted by Gasteiger charge is 2.13. The lowest BCUT2D eigenvalue weighted by Crippen LogP contribution is -2.27. The number of fused-ring (bicyclic) bond motifs is 1. The minimum absolute atomic E-state index is 0.130. The predicted octanol–water partition coefficient (Wildman–Crippen LogP) is 1.68. The molecule has 5 nitrogen and oxygen atoms in total. The van der Waals surface area contributed by atoms with E-state index in [1.807, 2.05) is 29.7 Å². The maximum absolute atomic E-state index is 9.07. The summed E-state index contributed by atoms with van der Waals surface area (Å²) in [7, 11) is 0. The summed E-state index contributed by atoms with van der Waals surface area (Å²) in [6.45, 7) is 6.62. The van der Waals surface area contributed by atoms with Gasteiger partial charge >= 0.3 is 0 Å². The summed E-state index contributed by atoms with van der Waals surface area (Å²) >= 11 is 0. The average molecular weight is 272 g/mol. The monoisotopic (exact) mass is 272 g/mol. The van der Waals surface area contributed by atoms with E-state index in [2.05, 4.69) is 22.9 Å². The lowest BCUT2D eigenvalue weighted by molar-refractivity contribution is 0.192. The van der Waals surface area contributed by atoms with Gasteiger partial charge in [0.1, 0.15) is 12.4 Å². The maximum Gasteiger partial charge on any atom is 0.125 e. The van der Waals surface area contributed by atoms with Crippen molar-refractivity contribution in [2.75, 3.05) is 19.7 Å². The highest BCUT2D eigenvalue weighted by Crippen LogP contribution is 2.18. The van der Waals surface area contributed by atoms with E-state index in [9.17, 15) is 0 Å². The SMILES string of the molecule is CCN(CCO)Cc1nc2cc(C)ccc2n1CC#N. The third-order valence-electron chi connectivity index (χ3n) is 3.44. The van der Waals surface area contributed by atoms with Gasteiger partial charge in [-0.05, 0) is 31.2 Å². The Morgan fingerprint density at radius 2 is 2.25 bits per heavy atom. The van der Waals surface area contributed by atoms with Crippen LogP contribution in [0.5, 0.6) is 0 Å². The minimum atomic E-state index is 0.130. The molecule has 1 aromatic heterocycles. The van der Waals surface area contributed by atoms with Crippen molar-refractivity contribution < 1.29 is 5.11 Å². The number of likely N-dealkylation sites (N-methyl/N-ethyl adjacent to an activating group) is 1. The number of aliphatic hydroxyl groups excluding tert-OH is 1. The Morgan fingerprint density at radius 3 is 2.90 bits per heavy atom. The van der Waals surface area contributed by atoms with Gasteiger partial charge < -0.3 is 9.67 Å². The molecular formula is C15H20N4O.